The van der Waals surface area contributed by atoms with Crippen molar-refractivity contribution in [3.63, 3.8) is 0 Å². The first-order valence-electron chi connectivity index (χ1n) is 8.19. The van der Waals surface area contributed by atoms with E-state index in [1.165, 1.54) is 5.56 Å². The van der Waals surface area contributed by atoms with Gasteiger partial charge in [0.05, 0.1) is 17.1 Å². The third kappa shape index (κ3) is 3.21. The van der Waals surface area contributed by atoms with Crippen LogP contribution in [0.1, 0.15) is 5.56 Å². The summed E-state index contributed by atoms with van der Waals surface area (Å²) in [6.45, 7) is 2.09. The Hall–Kier alpha value is -2.84. The molecule has 0 bridgehead atoms. The van der Waals surface area contributed by atoms with E-state index in [4.69, 9.17) is 16.7 Å². The Morgan fingerprint density at radius 3 is 2.12 bits per heavy atom. The molecule has 3 heteroatoms. The number of hydrogen-bond donors (Lipinski definition) is 0. The Kier molecular flexibility index (Phi) is 4.12. The lowest BCUT2D eigenvalue weighted by Gasteiger charge is -2.07. The summed E-state index contributed by atoms with van der Waals surface area (Å²) in [4.78, 5) is 0. The first-order valence-corrected chi connectivity index (χ1v) is 8.57. The van der Waals surface area contributed by atoms with Crippen molar-refractivity contribution in [2.75, 3.05) is 0 Å². The molecule has 0 radical (unpaired) electrons. The molecule has 0 unspecified atom stereocenters. The van der Waals surface area contributed by atoms with E-state index in [1.807, 2.05) is 47.1 Å². The molecule has 122 valence electrons. The van der Waals surface area contributed by atoms with Crippen molar-refractivity contribution in [1.82, 2.24) is 9.78 Å². The minimum absolute atomic E-state index is 0.727. The molecular formula is C22H17ClN2. The molecular weight excluding hydrogens is 328 g/mol. The highest BCUT2D eigenvalue weighted by Gasteiger charge is 2.13. The molecule has 0 aliphatic heterocycles. The fourth-order valence-corrected chi connectivity index (χ4v) is 2.97. The quantitative estimate of drug-likeness (QED) is 0.434. The maximum Gasteiger partial charge on any atom is 0.0934 e. The zero-order valence-corrected chi connectivity index (χ0v) is 14.6. The Morgan fingerprint density at radius 2 is 1.44 bits per heavy atom. The molecule has 0 fully saturated rings. The molecule has 0 saturated carbocycles. The zero-order valence-electron chi connectivity index (χ0n) is 13.9. The topological polar surface area (TPSA) is 17.8 Å². The Labute approximate surface area is 152 Å². The summed E-state index contributed by atoms with van der Waals surface area (Å²) >= 11 is 6.02. The summed E-state index contributed by atoms with van der Waals surface area (Å²) in [7, 11) is 0. The average molecular weight is 345 g/mol. The van der Waals surface area contributed by atoms with Gasteiger partial charge in [-0.15, -0.1) is 0 Å². The van der Waals surface area contributed by atoms with Crippen LogP contribution in [0.4, 0.5) is 0 Å². The van der Waals surface area contributed by atoms with Crippen LogP contribution in [0.3, 0.4) is 0 Å². The van der Waals surface area contributed by atoms with Crippen molar-refractivity contribution >= 4 is 11.6 Å². The van der Waals surface area contributed by atoms with Crippen molar-refractivity contribution in [2.45, 2.75) is 6.92 Å². The van der Waals surface area contributed by atoms with Crippen molar-refractivity contribution in [2.24, 2.45) is 0 Å². The summed E-state index contributed by atoms with van der Waals surface area (Å²) in [6.07, 6.45) is 0. The smallest absolute Gasteiger partial charge is 0.0934 e. The van der Waals surface area contributed by atoms with Crippen LogP contribution in [-0.2, 0) is 0 Å². The van der Waals surface area contributed by atoms with Gasteiger partial charge in [0.2, 0.25) is 0 Å². The van der Waals surface area contributed by atoms with Gasteiger partial charge in [0.15, 0.2) is 0 Å². The van der Waals surface area contributed by atoms with E-state index in [2.05, 4.69) is 49.4 Å². The van der Waals surface area contributed by atoms with E-state index in [9.17, 15) is 0 Å². The maximum absolute atomic E-state index is 6.02. The van der Waals surface area contributed by atoms with Crippen LogP contribution in [0.15, 0.2) is 84.9 Å². The van der Waals surface area contributed by atoms with Gasteiger partial charge < -0.3 is 0 Å². The van der Waals surface area contributed by atoms with Gasteiger partial charge in [-0.3, -0.25) is 0 Å². The van der Waals surface area contributed by atoms with Gasteiger partial charge in [-0.05, 0) is 37.3 Å². The van der Waals surface area contributed by atoms with Crippen LogP contribution >= 0.6 is 11.6 Å². The molecule has 2 nitrogen and oxygen atoms in total. The van der Waals surface area contributed by atoms with E-state index in [-0.39, 0.29) is 0 Å². The number of aryl methyl sites for hydroxylation is 1. The van der Waals surface area contributed by atoms with Crippen LogP contribution in [0, 0.1) is 6.92 Å². The van der Waals surface area contributed by atoms with Crippen molar-refractivity contribution < 1.29 is 0 Å². The van der Waals surface area contributed by atoms with Crippen LogP contribution in [0.2, 0.25) is 5.02 Å². The third-order valence-electron chi connectivity index (χ3n) is 4.20. The predicted octanol–water partition coefficient (Wildman–Crippen LogP) is 6.17. The summed E-state index contributed by atoms with van der Waals surface area (Å²) in [5.41, 5.74) is 6.45. The van der Waals surface area contributed by atoms with Gasteiger partial charge in [-0.25, -0.2) is 4.68 Å². The van der Waals surface area contributed by atoms with Gasteiger partial charge in [0.1, 0.15) is 0 Å². The van der Waals surface area contributed by atoms with Gasteiger partial charge in [0.25, 0.3) is 0 Å². The van der Waals surface area contributed by atoms with E-state index in [1.54, 1.807) is 0 Å². The Balaban J connectivity index is 1.89. The predicted molar refractivity (Wildman–Crippen MR) is 104 cm³/mol. The molecule has 4 rings (SSSR count). The van der Waals surface area contributed by atoms with E-state index in [0.29, 0.717) is 0 Å². The van der Waals surface area contributed by atoms with Gasteiger partial charge in [-0.1, -0.05) is 71.8 Å². The molecule has 3 aromatic carbocycles. The minimum atomic E-state index is 0.727. The second-order valence-corrected chi connectivity index (χ2v) is 6.47. The lowest BCUT2D eigenvalue weighted by Crippen LogP contribution is -1.99. The van der Waals surface area contributed by atoms with Crippen LogP contribution in [0.5, 0.6) is 0 Å². The first-order chi connectivity index (χ1) is 12.2. The molecule has 0 aliphatic rings. The van der Waals surface area contributed by atoms with Gasteiger partial charge in [-0.2, -0.15) is 5.10 Å². The molecule has 0 aliphatic carbocycles. The maximum atomic E-state index is 6.02. The standard InChI is InChI=1S/C22H17ClN2/c1-16-7-13-20(14-8-16)25-22(18-5-3-2-4-6-18)15-21(24-25)17-9-11-19(23)12-10-17/h2-15H,1H3. The Bertz CT molecular complexity index is 985. The number of nitrogens with zero attached hydrogens (tertiary/aromatic N) is 2. The lowest BCUT2D eigenvalue weighted by atomic mass is 10.1. The average Bonchev–Trinajstić information content (AvgIpc) is 3.09. The molecule has 25 heavy (non-hydrogen) atoms. The highest BCUT2D eigenvalue weighted by atomic mass is 35.5. The van der Waals surface area contributed by atoms with Crippen molar-refractivity contribution in [3.8, 4) is 28.2 Å². The summed E-state index contributed by atoms with van der Waals surface area (Å²) < 4.78 is 2.00. The SMILES string of the molecule is Cc1ccc(-n2nc(-c3ccc(Cl)cc3)cc2-c2ccccc2)cc1. The number of benzene rings is 3. The number of hydrogen-bond acceptors (Lipinski definition) is 1. The molecule has 0 amide bonds. The van der Waals surface area contributed by atoms with Crippen LogP contribution < -0.4 is 0 Å². The Morgan fingerprint density at radius 1 is 0.760 bits per heavy atom. The molecule has 1 aromatic heterocycles. The summed E-state index contributed by atoms with van der Waals surface area (Å²) in [5, 5.41) is 5.59. The number of halogens is 1. The monoisotopic (exact) mass is 344 g/mol. The fourth-order valence-electron chi connectivity index (χ4n) is 2.84. The van der Waals surface area contributed by atoms with E-state index >= 15 is 0 Å². The minimum Gasteiger partial charge on any atom is -0.232 e. The molecule has 0 N–H and O–H groups in total. The van der Waals surface area contributed by atoms with Gasteiger partial charge in [0, 0.05) is 16.1 Å². The second-order valence-electron chi connectivity index (χ2n) is 6.04. The summed E-state index contributed by atoms with van der Waals surface area (Å²) in [5.74, 6) is 0. The van der Waals surface area contributed by atoms with Crippen molar-refractivity contribution in [1.29, 1.82) is 0 Å². The molecule has 0 spiro atoms. The first kappa shape index (κ1) is 15.7. The molecule has 4 aromatic rings. The molecule has 0 atom stereocenters. The number of aromatic nitrogens is 2. The zero-order chi connectivity index (χ0) is 17.2. The normalized spacial score (nSPS) is 10.8. The number of rotatable bonds is 3. The van der Waals surface area contributed by atoms with Crippen LogP contribution in [0.25, 0.3) is 28.2 Å². The third-order valence-corrected chi connectivity index (χ3v) is 4.45. The summed E-state index contributed by atoms with van der Waals surface area (Å²) in [6, 6.07) is 28.6. The molecule has 0 saturated heterocycles. The fraction of sp³-hybridized carbons (Fsp3) is 0.0455. The lowest BCUT2D eigenvalue weighted by molar-refractivity contribution is 0.891. The largest absolute Gasteiger partial charge is 0.232 e. The van der Waals surface area contributed by atoms with E-state index in [0.717, 1.165) is 33.2 Å². The molecule has 1 heterocycles. The highest BCUT2D eigenvalue weighted by molar-refractivity contribution is 6.30. The van der Waals surface area contributed by atoms with Crippen molar-refractivity contribution in [3.05, 3.63) is 95.5 Å². The van der Waals surface area contributed by atoms with Crippen LogP contribution in [-0.4, -0.2) is 9.78 Å². The second kappa shape index (κ2) is 6.58. The van der Waals surface area contributed by atoms with Gasteiger partial charge >= 0.3 is 0 Å². The van der Waals surface area contributed by atoms with E-state index < -0.39 is 0 Å². The highest BCUT2D eigenvalue weighted by Crippen LogP contribution is 2.29.